The van der Waals surface area contributed by atoms with Gasteiger partial charge in [-0.25, -0.2) is 18.0 Å². The summed E-state index contributed by atoms with van der Waals surface area (Å²) in [5, 5.41) is 0. The molecular weight excluding hydrogens is 220 g/mol. The average molecular weight is 236 g/mol. The van der Waals surface area contributed by atoms with Crippen LogP contribution < -0.4 is 4.57 Å². The topological polar surface area (TPSA) is 97.1 Å². The molecule has 6 nitrogen and oxygen atoms in total. The minimum Gasteiger partial charge on any atom is -0.726 e. The first-order valence-corrected chi connectivity index (χ1v) is 5.92. The van der Waals surface area contributed by atoms with Crippen molar-refractivity contribution in [2.24, 2.45) is 0 Å². The van der Waals surface area contributed by atoms with E-state index >= 15 is 0 Å². The number of imidazole rings is 1. The maximum atomic E-state index is 8.63. The summed E-state index contributed by atoms with van der Waals surface area (Å²) in [4.78, 5) is 3.14. The highest BCUT2D eigenvalue weighted by atomic mass is 32.3. The molecule has 0 aliphatic heterocycles. The minimum absolute atomic E-state index is 1.14. The molecule has 0 aliphatic carbocycles. The quantitative estimate of drug-likeness (QED) is 0.451. The molecule has 0 aliphatic rings. The molecule has 2 N–H and O–H groups in total. The van der Waals surface area contributed by atoms with Gasteiger partial charge in [0.2, 0.25) is 10.4 Å². The maximum Gasteiger partial charge on any atom is 0.251 e. The van der Waals surface area contributed by atoms with Crippen LogP contribution in [-0.4, -0.2) is 22.5 Å². The minimum atomic E-state index is -4.92. The van der Waals surface area contributed by atoms with Crippen LogP contribution in [0.4, 0.5) is 0 Å². The summed E-state index contributed by atoms with van der Waals surface area (Å²) < 4.78 is 35.1. The highest BCUT2D eigenvalue weighted by molar-refractivity contribution is 7.79. The predicted octanol–water partition coefficient (Wildman–Crippen LogP) is 0.415. The number of hydrogen-bond donors (Lipinski definition) is 2. The second-order valence-electron chi connectivity index (χ2n) is 3.02. The van der Waals surface area contributed by atoms with E-state index in [9.17, 15) is 0 Å². The van der Waals surface area contributed by atoms with Crippen molar-refractivity contribution in [3.63, 3.8) is 0 Å². The zero-order valence-electron chi connectivity index (χ0n) is 8.80. The summed E-state index contributed by atoms with van der Waals surface area (Å²) in [6.45, 7) is 5.45. The van der Waals surface area contributed by atoms with Gasteiger partial charge in [-0.2, -0.15) is 0 Å². The zero-order valence-corrected chi connectivity index (χ0v) is 9.62. The van der Waals surface area contributed by atoms with Crippen LogP contribution in [0.1, 0.15) is 25.6 Å². The van der Waals surface area contributed by atoms with Gasteiger partial charge < -0.3 is 4.55 Å². The molecule has 1 aromatic heterocycles. The number of aromatic nitrogens is 2. The fraction of sp³-hybridized carbons (Fsp3) is 0.625. The van der Waals surface area contributed by atoms with Crippen molar-refractivity contribution in [1.82, 2.24) is 4.98 Å². The van der Waals surface area contributed by atoms with Gasteiger partial charge in [0, 0.05) is 6.92 Å². The molecule has 0 saturated heterocycles. The number of rotatable bonds is 3. The van der Waals surface area contributed by atoms with E-state index in [1.165, 1.54) is 18.7 Å². The van der Waals surface area contributed by atoms with Crippen molar-refractivity contribution >= 4 is 10.4 Å². The number of H-pyrrole nitrogens is 1. The summed E-state index contributed by atoms with van der Waals surface area (Å²) in [7, 11) is -4.92. The molecule has 7 heteroatoms. The van der Waals surface area contributed by atoms with E-state index in [2.05, 4.69) is 29.6 Å². The fourth-order valence-electron chi connectivity index (χ4n) is 1.01. The van der Waals surface area contributed by atoms with Crippen molar-refractivity contribution in [1.29, 1.82) is 0 Å². The number of unbranched alkanes of at least 4 members (excludes halogenated alkanes) is 1. The molecule has 15 heavy (non-hydrogen) atoms. The van der Waals surface area contributed by atoms with Gasteiger partial charge in [0.05, 0.1) is 6.54 Å². The predicted molar refractivity (Wildman–Crippen MR) is 53.0 cm³/mol. The summed E-state index contributed by atoms with van der Waals surface area (Å²) >= 11 is 0. The Hall–Kier alpha value is -0.920. The Morgan fingerprint density at radius 2 is 2.13 bits per heavy atom. The molecule has 0 saturated carbocycles. The third-order valence-electron chi connectivity index (χ3n) is 1.73. The summed E-state index contributed by atoms with van der Waals surface area (Å²) in [5.41, 5.74) is 0. The van der Waals surface area contributed by atoms with E-state index in [0.717, 1.165) is 6.54 Å². The highest BCUT2D eigenvalue weighted by Crippen LogP contribution is 1.88. The van der Waals surface area contributed by atoms with Crippen molar-refractivity contribution in [2.45, 2.75) is 33.2 Å². The van der Waals surface area contributed by atoms with E-state index in [-0.39, 0.29) is 0 Å². The van der Waals surface area contributed by atoms with Crippen LogP contribution in [0.5, 0.6) is 0 Å². The second kappa shape index (κ2) is 6.54. The third-order valence-corrected chi connectivity index (χ3v) is 1.73. The molecule has 0 unspecified atom stereocenters. The lowest BCUT2D eigenvalue weighted by Gasteiger charge is -1.93. The van der Waals surface area contributed by atoms with E-state index in [1.807, 2.05) is 6.20 Å². The molecule has 0 atom stereocenters. The number of nitrogens with zero attached hydrogens (tertiary/aromatic N) is 1. The number of nitrogens with one attached hydrogen (secondary N) is 1. The lowest BCUT2D eigenvalue weighted by Crippen LogP contribution is -2.34. The van der Waals surface area contributed by atoms with Gasteiger partial charge >= 0.3 is 0 Å². The second-order valence-corrected chi connectivity index (χ2v) is 3.88. The third kappa shape index (κ3) is 9.39. The van der Waals surface area contributed by atoms with E-state index < -0.39 is 10.4 Å². The van der Waals surface area contributed by atoms with Gasteiger partial charge in [0.1, 0.15) is 12.4 Å². The molecule has 1 aromatic rings. The fourth-order valence-corrected chi connectivity index (χ4v) is 1.01. The first kappa shape index (κ1) is 14.1. The normalized spacial score (nSPS) is 10.7. The molecular formula is C8H16N2O4S. The van der Waals surface area contributed by atoms with Crippen LogP contribution in [-0.2, 0) is 16.9 Å². The summed E-state index contributed by atoms with van der Waals surface area (Å²) in [5.74, 6) is 1.24. The van der Waals surface area contributed by atoms with Gasteiger partial charge in [-0.1, -0.05) is 13.3 Å². The van der Waals surface area contributed by atoms with Crippen LogP contribution in [0.3, 0.4) is 0 Å². The van der Waals surface area contributed by atoms with E-state index in [4.69, 9.17) is 17.5 Å². The average Bonchev–Trinajstić information content (AvgIpc) is 2.45. The Bertz CT molecular complexity index is 364. The summed E-state index contributed by atoms with van der Waals surface area (Å²) in [6.07, 6.45) is 6.59. The maximum absolute atomic E-state index is 8.63. The Kier molecular flexibility index (Phi) is 6.14. The van der Waals surface area contributed by atoms with Crippen LogP contribution in [0, 0.1) is 6.92 Å². The lowest BCUT2D eigenvalue weighted by molar-refractivity contribution is -0.701. The smallest absolute Gasteiger partial charge is 0.251 e. The molecule has 0 fully saturated rings. The van der Waals surface area contributed by atoms with Gasteiger partial charge in [0.15, 0.2) is 0 Å². The van der Waals surface area contributed by atoms with E-state index in [0.29, 0.717) is 0 Å². The Labute approximate surface area is 89.5 Å². The standard InChI is InChI=1S/C8H14N2.H2O4S/c1-3-4-6-10-7-5-9-8(10)2;1-5(2,3)4/h5,7H,3-4,6H2,1-2H3;(H2,1,2,3,4). The van der Waals surface area contributed by atoms with Crippen LogP contribution in [0.2, 0.25) is 0 Å². The highest BCUT2D eigenvalue weighted by Gasteiger charge is 2.01. The van der Waals surface area contributed by atoms with Crippen LogP contribution in [0.25, 0.3) is 0 Å². The Morgan fingerprint density at radius 1 is 1.60 bits per heavy atom. The molecule has 0 radical (unpaired) electrons. The van der Waals surface area contributed by atoms with Crippen LogP contribution >= 0.6 is 0 Å². The molecule has 0 aromatic carbocycles. The molecule has 0 bridgehead atoms. The van der Waals surface area contributed by atoms with Gasteiger partial charge in [-0.3, -0.25) is 4.55 Å². The first-order chi connectivity index (χ1) is 6.84. The van der Waals surface area contributed by atoms with Crippen molar-refractivity contribution in [3.05, 3.63) is 18.2 Å². The number of aromatic amines is 1. The monoisotopic (exact) mass is 236 g/mol. The van der Waals surface area contributed by atoms with Crippen molar-refractivity contribution < 1.29 is 22.1 Å². The SMILES string of the molecule is CCCC[n+]1cc[nH]c1C.O=S(=O)([O-])O. The first-order valence-electron chi connectivity index (χ1n) is 4.56. The zero-order chi connectivity index (χ0) is 11.9. The van der Waals surface area contributed by atoms with Gasteiger partial charge in [-0.05, 0) is 6.42 Å². The van der Waals surface area contributed by atoms with Crippen molar-refractivity contribution in [3.8, 4) is 0 Å². The van der Waals surface area contributed by atoms with E-state index in [1.54, 1.807) is 0 Å². The van der Waals surface area contributed by atoms with Gasteiger partial charge in [-0.15, -0.1) is 0 Å². The number of hydrogen-bond acceptors (Lipinski definition) is 3. The molecule has 88 valence electrons. The van der Waals surface area contributed by atoms with Crippen molar-refractivity contribution in [2.75, 3.05) is 0 Å². The molecule has 0 spiro atoms. The molecule has 1 rings (SSSR count). The summed E-state index contributed by atoms with van der Waals surface area (Å²) in [6, 6.07) is 0. The Balaban J connectivity index is 0.000000336. The number of aryl methyl sites for hydroxylation is 2. The van der Waals surface area contributed by atoms with Crippen LogP contribution in [0.15, 0.2) is 12.4 Å². The lowest BCUT2D eigenvalue weighted by atomic mass is 10.3. The molecule has 1 heterocycles. The largest absolute Gasteiger partial charge is 0.726 e. The Morgan fingerprint density at radius 3 is 2.47 bits per heavy atom. The molecule has 0 amide bonds. The van der Waals surface area contributed by atoms with Gasteiger partial charge in [0.25, 0.3) is 5.82 Å².